The molecule has 0 aliphatic carbocycles. The van der Waals surface area contributed by atoms with E-state index in [9.17, 15) is 9.59 Å². The van der Waals surface area contributed by atoms with E-state index < -0.39 is 5.97 Å². The van der Waals surface area contributed by atoms with Gasteiger partial charge in [-0.15, -0.1) is 0 Å². The van der Waals surface area contributed by atoms with Gasteiger partial charge in [0.1, 0.15) is 0 Å². The van der Waals surface area contributed by atoms with Crippen molar-refractivity contribution in [1.82, 2.24) is 9.80 Å². The molecule has 1 N–H and O–H groups in total. The number of carboxylic acid groups (broad SMARTS) is 1. The molecule has 1 atom stereocenters. The fourth-order valence-electron chi connectivity index (χ4n) is 3.47. The first-order chi connectivity index (χ1) is 10.1. The summed E-state index contributed by atoms with van der Waals surface area (Å²) in [5, 5.41) is 8.78. The Morgan fingerprint density at radius 1 is 1.00 bits per heavy atom. The van der Waals surface area contributed by atoms with Gasteiger partial charge in [-0.05, 0) is 44.6 Å². The number of amides is 1. The molecule has 120 valence electrons. The lowest BCUT2D eigenvalue weighted by atomic mass is 9.93. The zero-order valence-corrected chi connectivity index (χ0v) is 12.9. The number of piperidine rings is 1. The number of carbonyl (C=O) groups is 2. The predicted molar refractivity (Wildman–Crippen MR) is 81.1 cm³/mol. The molecule has 5 nitrogen and oxygen atoms in total. The molecule has 1 amide bonds. The van der Waals surface area contributed by atoms with Crippen LogP contribution in [0.2, 0.25) is 0 Å². The summed E-state index contributed by atoms with van der Waals surface area (Å²) in [4.78, 5) is 27.3. The van der Waals surface area contributed by atoms with Crippen LogP contribution in [-0.4, -0.2) is 59.5 Å². The van der Waals surface area contributed by atoms with Crippen LogP contribution in [0.25, 0.3) is 0 Å². The largest absolute Gasteiger partial charge is 0.481 e. The van der Waals surface area contributed by atoms with Crippen molar-refractivity contribution in [2.75, 3.05) is 32.7 Å². The average Bonchev–Trinajstić information content (AvgIpc) is 2.74. The Hall–Kier alpha value is -1.10. The van der Waals surface area contributed by atoms with Crippen molar-refractivity contribution < 1.29 is 14.7 Å². The number of rotatable bonds is 5. The summed E-state index contributed by atoms with van der Waals surface area (Å²) in [5.41, 5.74) is 0. The molecular weight excluding hydrogens is 268 g/mol. The minimum absolute atomic E-state index is 0.249. The van der Waals surface area contributed by atoms with E-state index in [1.807, 2.05) is 4.90 Å². The van der Waals surface area contributed by atoms with Gasteiger partial charge in [-0.25, -0.2) is 0 Å². The molecule has 0 saturated carbocycles. The van der Waals surface area contributed by atoms with Crippen LogP contribution in [0, 0.1) is 5.92 Å². The van der Waals surface area contributed by atoms with Crippen LogP contribution in [0.15, 0.2) is 0 Å². The van der Waals surface area contributed by atoms with E-state index in [-0.39, 0.29) is 12.3 Å². The van der Waals surface area contributed by atoms with Gasteiger partial charge in [-0.2, -0.15) is 0 Å². The topological polar surface area (TPSA) is 60.9 Å². The lowest BCUT2D eigenvalue weighted by molar-refractivity contribution is -0.138. The molecule has 0 aromatic rings. The maximum absolute atomic E-state index is 12.4. The Morgan fingerprint density at radius 3 is 2.38 bits per heavy atom. The molecule has 0 bridgehead atoms. The van der Waals surface area contributed by atoms with E-state index >= 15 is 0 Å². The number of hydrogen-bond donors (Lipinski definition) is 1. The average molecular weight is 296 g/mol. The van der Waals surface area contributed by atoms with Gasteiger partial charge in [-0.3, -0.25) is 14.5 Å². The molecule has 2 aliphatic heterocycles. The van der Waals surface area contributed by atoms with E-state index in [4.69, 9.17) is 5.11 Å². The fourth-order valence-corrected chi connectivity index (χ4v) is 3.47. The van der Waals surface area contributed by atoms with Gasteiger partial charge in [0.05, 0.1) is 6.54 Å². The van der Waals surface area contributed by atoms with Crippen LogP contribution in [0.3, 0.4) is 0 Å². The standard InChI is InChI=1S/C16H28N2O3/c19-15(18-10-3-1-2-4-11-18)13-17-9-5-6-14(12-17)7-8-16(20)21/h14H,1-13H2,(H,20,21). The monoisotopic (exact) mass is 296 g/mol. The molecule has 0 spiro atoms. The SMILES string of the molecule is O=C(O)CCC1CCCN(CC(=O)N2CCCCCC2)C1. The Bertz CT molecular complexity index is 351. The fraction of sp³-hybridized carbons (Fsp3) is 0.875. The third-order valence-corrected chi connectivity index (χ3v) is 4.69. The van der Waals surface area contributed by atoms with E-state index in [0.717, 1.165) is 58.3 Å². The second kappa shape index (κ2) is 8.37. The number of carboxylic acids is 1. The van der Waals surface area contributed by atoms with Crippen molar-refractivity contribution in [3.8, 4) is 0 Å². The minimum atomic E-state index is -0.715. The summed E-state index contributed by atoms with van der Waals surface area (Å²) in [6.45, 7) is 4.20. The van der Waals surface area contributed by atoms with Crippen LogP contribution in [-0.2, 0) is 9.59 Å². The van der Waals surface area contributed by atoms with E-state index in [1.165, 1.54) is 12.8 Å². The maximum atomic E-state index is 12.4. The molecule has 2 saturated heterocycles. The van der Waals surface area contributed by atoms with Crippen molar-refractivity contribution in [2.24, 2.45) is 5.92 Å². The first-order valence-corrected chi connectivity index (χ1v) is 8.37. The normalized spacial score (nSPS) is 24.6. The number of nitrogens with zero attached hydrogens (tertiary/aromatic N) is 2. The molecule has 2 heterocycles. The molecule has 2 aliphatic rings. The summed E-state index contributed by atoms with van der Waals surface area (Å²) < 4.78 is 0. The summed E-state index contributed by atoms with van der Waals surface area (Å²) in [6, 6.07) is 0. The molecule has 0 radical (unpaired) electrons. The van der Waals surface area contributed by atoms with E-state index in [0.29, 0.717) is 12.5 Å². The number of carbonyl (C=O) groups excluding carboxylic acids is 1. The Morgan fingerprint density at radius 2 is 1.71 bits per heavy atom. The third kappa shape index (κ3) is 5.65. The summed E-state index contributed by atoms with van der Waals surface area (Å²) in [5.74, 6) is -0.0182. The maximum Gasteiger partial charge on any atom is 0.303 e. The Labute approximate surface area is 127 Å². The summed E-state index contributed by atoms with van der Waals surface area (Å²) >= 11 is 0. The molecular formula is C16H28N2O3. The second-order valence-corrected chi connectivity index (χ2v) is 6.47. The van der Waals surface area contributed by atoms with E-state index in [1.54, 1.807) is 0 Å². The zero-order valence-electron chi connectivity index (χ0n) is 12.9. The minimum Gasteiger partial charge on any atom is -0.481 e. The highest BCUT2D eigenvalue weighted by Gasteiger charge is 2.24. The first-order valence-electron chi connectivity index (χ1n) is 8.37. The lowest BCUT2D eigenvalue weighted by Crippen LogP contribution is -2.44. The Balaban J connectivity index is 1.75. The van der Waals surface area contributed by atoms with Gasteiger partial charge in [0.25, 0.3) is 0 Å². The highest BCUT2D eigenvalue weighted by molar-refractivity contribution is 5.78. The van der Waals surface area contributed by atoms with Crippen LogP contribution in [0.1, 0.15) is 51.4 Å². The Kier molecular flexibility index (Phi) is 6.49. The third-order valence-electron chi connectivity index (χ3n) is 4.69. The van der Waals surface area contributed by atoms with Crippen LogP contribution >= 0.6 is 0 Å². The van der Waals surface area contributed by atoms with Gasteiger partial charge in [0, 0.05) is 26.1 Å². The van der Waals surface area contributed by atoms with Crippen molar-refractivity contribution in [3.63, 3.8) is 0 Å². The highest BCUT2D eigenvalue weighted by Crippen LogP contribution is 2.21. The van der Waals surface area contributed by atoms with Gasteiger partial charge < -0.3 is 10.0 Å². The van der Waals surface area contributed by atoms with E-state index in [2.05, 4.69) is 4.90 Å². The van der Waals surface area contributed by atoms with Crippen molar-refractivity contribution in [1.29, 1.82) is 0 Å². The van der Waals surface area contributed by atoms with Crippen molar-refractivity contribution >= 4 is 11.9 Å². The van der Waals surface area contributed by atoms with Crippen LogP contribution < -0.4 is 0 Å². The summed E-state index contributed by atoms with van der Waals surface area (Å²) in [6.07, 6.45) is 7.91. The number of aliphatic carboxylic acids is 1. The molecule has 2 fully saturated rings. The summed E-state index contributed by atoms with van der Waals surface area (Å²) in [7, 11) is 0. The zero-order chi connectivity index (χ0) is 15.1. The van der Waals surface area contributed by atoms with Crippen LogP contribution in [0.5, 0.6) is 0 Å². The van der Waals surface area contributed by atoms with Crippen molar-refractivity contribution in [2.45, 2.75) is 51.4 Å². The number of hydrogen-bond acceptors (Lipinski definition) is 3. The van der Waals surface area contributed by atoms with Gasteiger partial charge in [-0.1, -0.05) is 12.8 Å². The van der Waals surface area contributed by atoms with Gasteiger partial charge in [0.2, 0.25) is 5.91 Å². The lowest BCUT2D eigenvalue weighted by Gasteiger charge is -2.33. The first kappa shape index (κ1) is 16.3. The molecule has 1 unspecified atom stereocenters. The van der Waals surface area contributed by atoms with Gasteiger partial charge >= 0.3 is 5.97 Å². The number of likely N-dealkylation sites (tertiary alicyclic amines) is 2. The molecule has 21 heavy (non-hydrogen) atoms. The van der Waals surface area contributed by atoms with Gasteiger partial charge in [0.15, 0.2) is 0 Å². The second-order valence-electron chi connectivity index (χ2n) is 6.47. The predicted octanol–water partition coefficient (Wildman–Crippen LogP) is 1.97. The molecule has 0 aromatic carbocycles. The smallest absolute Gasteiger partial charge is 0.303 e. The molecule has 2 rings (SSSR count). The quantitative estimate of drug-likeness (QED) is 0.842. The van der Waals surface area contributed by atoms with Crippen molar-refractivity contribution in [3.05, 3.63) is 0 Å². The van der Waals surface area contributed by atoms with Crippen LogP contribution in [0.4, 0.5) is 0 Å². The highest BCUT2D eigenvalue weighted by atomic mass is 16.4. The molecule has 5 heteroatoms. The molecule has 0 aromatic heterocycles.